The number of benzene rings is 1. The van der Waals surface area contributed by atoms with Crippen molar-refractivity contribution < 1.29 is 9.59 Å². The third-order valence-electron chi connectivity index (χ3n) is 4.09. The molecule has 0 unspecified atom stereocenters. The Morgan fingerprint density at radius 1 is 0.864 bits per heavy atom. The van der Waals surface area contributed by atoms with Crippen LogP contribution < -0.4 is 0 Å². The van der Waals surface area contributed by atoms with Crippen molar-refractivity contribution in [1.29, 1.82) is 0 Å². The van der Waals surface area contributed by atoms with Gasteiger partial charge in [0.15, 0.2) is 11.6 Å². The zero-order valence-corrected chi connectivity index (χ0v) is 14.1. The van der Waals surface area contributed by atoms with Crippen LogP contribution in [0.2, 0.25) is 0 Å². The molecule has 2 nitrogen and oxygen atoms in total. The lowest BCUT2D eigenvalue weighted by Gasteiger charge is -2.26. The summed E-state index contributed by atoms with van der Waals surface area (Å²) in [6, 6.07) is 8.00. The van der Waals surface area contributed by atoms with E-state index in [0.717, 1.165) is 11.1 Å². The summed E-state index contributed by atoms with van der Waals surface area (Å²) < 4.78 is 0. The van der Waals surface area contributed by atoms with Crippen LogP contribution in [0.3, 0.4) is 0 Å². The van der Waals surface area contributed by atoms with Crippen LogP contribution in [0.15, 0.2) is 49.6 Å². The third-order valence-corrected chi connectivity index (χ3v) is 4.09. The fourth-order valence-electron chi connectivity index (χ4n) is 2.58. The molecule has 0 atom stereocenters. The molecule has 0 spiro atoms. The zero-order valence-electron chi connectivity index (χ0n) is 14.1. The van der Waals surface area contributed by atoms with Gasteiger partial charge in [-0.1, -0.05) is 65.1 Å². The Hall–Kier alpha value is -1.96. The van der Waals surface area contributed by atoms with Gasteiger partial charge in [0.2, 0.25) is 0 Å². The molecular weight excluding hydrogens is 272 g/mol. The summed E-state index contributed by atoms with van der Waals surface area (Å²) in [5, 5.41) is 0. The summed E-state index contributed by atoms with van der Waals surface area (Å²) in [5.41, 5.74) is 1.22. The van der Waals surface area contributed by atoms with Crippen molar-refractivity contribution in [2.45, 2.75) is 40.5 Å². The summed E-state index contributed by atoms with van der Waals surface area (Å²) >= 11 is 0. The number of allylic oxidation sites excluding steroid dienone is 2. The van der Waals surface area contributed by atoms with E-state index in [1.165, 1.54) is 12.2 Å². The third kappa shape index (κ3) is 4.27. The van der Waals surface area contributed by atoms with Crippen LogP contribution in [-0.4, -0.2) is 11.6 Å². The molecule has 22 heavy (non-hydrogen) atoms. The predicted molar refractivity (Wildman–Crippen MR) is 91.8 cm³/mol. The van der Waals surface area contributed by atoms with Crippen LogP contribution in [0.5, 0.6) is 0 Å². The number of hydrogen-bond acceptors (Lipinski definition) is 2. The molecule has 1 rings (SSSR count). The number of carbonyl (C=O) groups excluding carboxylic acids is 2. The molecule has 118 valence electrons. The maximum absolute atomic E-state index is 12.0. The molecule has 0 radical (unpaired) electrons. The minimum atomic E-state index is -0.496. The highest BCUT2D eigenvalue weighted by molar-refractivity contribution is 5.94. The predicted octanol–water partition coefficient (Wildman–Crippen LogP) is 4.33. The van der Waals surface area contributed by atoms with E-state index < -0.39 is 10.8 Å². The fourth-order valence-corrected chi connectivity index (χ4v) is 2.58. The smallest absolute Gasteiger partial charge is 0.161 e. The molecule has 0 saturated heterocycles. The molecule has 0 amide bonds. The van der Waals surface area contributed by atoms with Crippen LogP contribution in [0.4, 0.5) is 0 Å². The maximum Gasteiger partial charge on any atom is 0.161 e. The average Bonchev–Trinajstić information content (AvgIpc) is 2.46. The van der Waals surface area contributed by atoms with E-state index in [9.17, 15) is 9.59 Å². The van der Waals surface area contributed by atoms with Crippen LogP contribution in [0, 0.1) is 10.8 Å². The van der Waals surface area contributed by atoms with E-state index in [4.69, 9.17) is 0 Å². The van der Waals surface area contributed by atoms with Crippen molar-refractivity contribution >= 4 is 11.6 Å². The molecule has 0 fully saturated rings. The standard InChI is InChI=1S/C20H26O2/c1-7-17(21)19(3,4)13-15-11-9-10-12-16(15)14-20(5,6)18(22)8-2/h7-12H,1-2,13-14H2,3-6H3. The van der Waals surface area contributed by atoms with E-state index in [-0.39, 0.29) is 11.6 Å². The summed E-state index contributed by atoms with van der Waals surface area (Å²) in [6.07, 6.45) is 4.03. The van der Waals surface area contributed by atoms with Crippen molar-refractivity contribution in [3.63, 3.8) is 0 Å². The lowest BCUT2D eigenvalue weighted by atomic mass is 9.76. The molecule has 0 aromatic heterocycles. The van der Waals surface area contributed by atoms with Crippen LogP contribution in [0.25, 0.3) is 0 Å². The summed E-state index contributed by atoms with van der Waals surface area (Å²) in [4.78, 5) is 24.0. The van der Waals surface area contributed by atoms with Gasteiger partial charge in [0, 0.05) is 10.8 Å². The Morgan fingerprint density at radius 2 is 1.18 bits per heavy atom. The lowest BCUT2D eigenvalue weighted by Crippen LogP contribution is -2.28. The van der Waals surface area contributed by atoms with Crippen molar-refractivity contribution in [3.8, 4) is 0 Å². The Kier molecular flexibility index (Phi) is 5.65. The Bertz CT molecular complexity index is 538. The van der Waals surface area contributed by atoms with Gasteiger partial charge < -0.3 is 0 Å². The molecule has 1 aromatic rings. The van der Waals surface area contributed by atoms with E-state index in [2.05, 4.69) is 13.2 Å². The van der Waals surface area contributed by atoms with E-state index in [1.807, 2.05) is 52.0 Å². The highest BCUT2D eigenvalue weighted by Crippen LogP contribution is 2.30. The van der Waals surface area contributed by atoms with E-state index >= 15 is 0 Å². The van der Waals surface area contributed by atoms with Gasteiger partial charge >= 0.3 is 0 Å². The molecule has 1 aromatic carbocycles. The lowest BCUT2D eigenvalue weighted by molar-refractivity contribution is -0.123. The second kappa shape index (κ2) is 6.87. The molecule has 0 bridgehead atoms. The van der Waals surface area contributed by atoms with Gasteiger partial charge in [0.25, 0.3) is 0 Å². The minimum absolute atomic E-state index is 0.0312. The highest BCUT2D eigenvalue weighted by Gasteiger charge is 2.29. The number of carbonyl (C=O) groups is 2. The highest BCUT2D eigenvalue weighted by atomic mass is 16.1. The number of ketones is 2. The van der Waals surface area contributed by atoms with Crippen LogP contribution in [-0.2, 0) is 22.4 Å². The van der Waals surface area contributed by atoms with E-state index in [0.29, 0.717) is 12.8 Å². The first-order valence-corrected chi connectivity index (χ1v) is 7.54. The minimum Gasteiger partial charge on any atom is -0.294 e. The molecule has 0 N–H and O–H groups in total. The van der Waals surface area contributed by atoms with Gasteiger partial charge in [-0.25, -0.2) is 0 Å². The van der Waals surface area contributed by atoms with Gasteiger partial charge in [-0.05, 0) is 36.1 Å². The van der Waals surface area contributed by atoms with Gasteiger partial charge in [-0.2, -0.15) is 0 Å². The van der Waals surface area contributed by atoms with Gasteiger partial charge in [-0.3, -0.25) is 9.59 Å². The molecule has 0 aliphatic heterocycles. The van der Waals surface area contributed by atoms with E-state index in [1.54, 1.807) is 0 Å². The SMILES string of the molecule is C=CC(=O)C(C)(C)Cc1ccccc1CC(C)(C)C(=O)C=C. The van der Waals surface area contributed by atoms with Crippen molar-refractivity contribution in [1.82, 2.24) is 0 Å². The fraction of sp³-hybridized carbons (Fsp3) is 0.400. The van der Waals surface area contributed by atoms with Crippen molar-refractivity contribution in [2.24, 2.45) is 10.8 Å². The first-order chi connectivity index (χ1) is 10.1. The molecular formula is C20H26O2. The largest absolute Gasteiger partial charge is 0.294 e. The topological polar surface area (TPSA) is 34.1 Å². The number of hydrogen-bond donors (Lipinski definition) is 0. The van der Waals surface area contributed by atoms with Crippen LogP contribution in [0.1, 0.15) is 38.8 Å². The number of rotatable bonds is 8. The van der Waals surface area contributed by atoms with Gasteiger partial charge in [0.05, 0.1) is 0 Å². The van der Waals surface area contributed by atoms with Crippen molar-refractivity contribution in [3.05, 3.63) is 60.7 Å². The Morgan fingerprint density at radius 3 is 1.45 bits per heavy atom. The molecule has 0 saturated carbocycles. The average molecular weight is 298 g/mol. The second-order valence-corrected chi connectivity index (χ2v) is 7.03. The first-order valence-electron chi connectivity index (χ1n) is 7.54. The Balaban J connectivity index is 3.10. The monoisotopic (exact) mass is 298 g/mol. The summed E-state index contributed by atoms with van der Waals surface area (Å²) in [6.45, 7) is 14.9. The molecule has 0 aliphatic carbocycles. The van der Waals surface area contributed by atoms with Gasteiger partial charge in [-0.15, -0.1) is 0 Å². The van der Waals surface area contributed by atoms with Crippen LogP contribution >= 0.6 is 0 Å². The summed E-state index contributed by atoms with van der Waals surface area (Å²) in [7, 11) is 0. The Labute approximate surface area is 133 Å². The molecule has 2 heteroatoms. The van der Waals surface area contributed by atoms with Gasteiger partial charge in [0.1, 0.15) is 0 Å². The second-order valence-electron chi connectivity index (χ2n) is 7.03. The quantitative estimate of drug-likeness (QED) is 0.669. The molecule has 0 aliphatic rings. The van der Waals surface area contributed by atoms with Crippen molar-refractivity contribution in [2.75, 3.05) is 0 Å². The molecule has 0 heterocycles. The summed E-state index contributed by atoms with van der Waals surface area (Å²) in [5.74, 6) is 0.0625. The zero-order chi connectivity index (χ0) is 17.0. The maximum atomic E-state index is 12.0. The normalized spacial score (nSPS) is 11.8. The first kappa shape index (κ1) is 18.1.